The Balaban J connectivity index is 1.88. The van der Waals surface area contributed by atoms with Gasteiger partial charge >= 0.3 is 0 Å². The number of rotatable bonds is 9. The molecular weight excluding hydrogens is 370 g/mol. The van der Waals surface area contributed by atoms with Crippen LogP contribution < -0.4 is 5.73 Å². The minimum absolute atomic E-state index is 0.349. The Hall–Kier alpha value is -2.28. The van der Waals surface area contributed by atoms with Gasteiger partial charge in [-0.05, 0) is 49.9 Å². The summed E-state index contributed by atoms with van der Waals surface area (Å²) in [6.07, 6.45) is 5.66. The molecule has 0 bridgehead atoms. The highest BCUT2D eigenvalue weighted by Crippen LogP contribution is 2.28. The van der Waals surface area contributed by atoms with Crippen LogP contribution in [0.2, 0.25) is 0 Å². The number of sulfonamides is 1. The first kappa shape index (κ1) is 20.5. The molecule has 3 rings (SSSR count). The Morgan fingerprint density at radius 1 is 0.964 bits per heavy atom. The van der Waals surface area contributed by atoms with Gasteiger partial charge in [-0.2, -0.15) is 4.31 Å². The zero-order valence-electron chi connectivity index (χ0n) is 16.2. The molecule has 6 heteroatoms. The van der Waals surface area contributed by atoms with Gasteiger partial charge in [-0.3, -0.25) is 4.98 Å². The number of benzene rings is 2. The number of hydrogen-bond acceptors (Lipinski definition) is 4. The second-order valence-corrected chi connectivity index (χ2v) is 8.85. The fourth-order valence-electron chi connectivity index (χ4n) is 3.45. The van der Waals surface area contributed by atoms with Crippen molar-refractivity contribution in [3.63, 3.8) is 0 Å². The van der Waals surface area contributed by atoms with Crippen LogP contribution in [0.15, 0.2) is 65.8 Å². The van der Waals surface area contributed by atoms with E-state index in [0.717, 1.165) is 29.2 Å². The van der Waals surface area contributed by atoms with Gasteiger partial charge in [0.05, 0.1) is 4.90 Å². The summed E-state index contributed by atoms with van der Waals surface area (Å²) in [6, 6.07) is 15.5. The van der Waals surface area contributed by atoms with E-state index in [9.17, 15) is 8.42 Å². The van der Waals surface area contributed by atoms with Gasteiger partial charge in [0, 0.05) is 36.3 Å². The summed E-state index contributed by atoms with van der Waals surface area (Å²) in [5.74, 6) is 0. The van der Waals surface area contributed by atoms with E-state index in [0.29, 0.717) is 31.0 Å². The second kappa shape index (κ2) is 9.28. The maximum absolute atomic E-state index is 13.5. The van der Waals surface area contributed by atoms with Crippen molar-refractivity contribution in [2.75, 3.05) is 19.6 Å². The molecule has 0 aliphatic rings. The largest absolute Gasteiger partial charge is 0.330 e. The lowest BCUT2D eigenvalue weighted by Crippen LogP contribution is -2.34. The standard InChI is InChI=1S/C22H27N3O2S/c1-18-16-24-17-20-11-5-12-21(22(18)20)28(26,27)25(15-7-13-23)14-6-10-19-8-3-2-4-9-19/h2-5,8-9,11-12,16-17H,6-7,10,13-15,23H2,1H3. The van der Waals surface area contributed by atoms with Crippen molar-refractivity contribution in [3.05, 3.63) is 72.1 Å². The summed E-state index contributed by atoms with van der Waals surface area (Å²) in [6.45, 7) is 3.25. The van der Waals surface area contributed by atoms with E-state index in [1.807, 2.05) is 31.2 Å². The van der Waals surface area contributed by atoms with E-state index in [4.69, 9.17) is 5.73 Å². The molecule has 3 aromatic rings. The summed E-state index contributed by atoms with van der Waals surface area (Å²) in [5, 5.41) is 1.59. The number of pyridine rings is 1. The van der Waals surface area contributed by atoms with Crippen molar-refractivity contribution in [2.45, 2.75) is 31.1 Å². The van der Waals surface area contributed by atoms with E-state index < -0.39 is 10.0 Å². The molecule has 0 aliphatic carbocycles. The second-order valence-electron chi connectivity index (χ2n) is 6.95. The van der Waals surface area contributed by atoms with E-state index in [2.05, 4.69) is 17.1 Å². The minimum Gasteiger partial charge on any atom is -0.330 e. The van der Waals surface area contributed by atoms with E-state index in [1.54, 1.807) is 28.8 Å². The zero-order valence-corrected chi connectivity index (χ0v) is 17.0. The highest BCUT2D eigenvalue weighted by atomic mass is 32.2. The summed E-state index contributed by atoms with van der Waals surface area (Å²) >= 11 is 0. The maximum atomic E-state index is 13.5. The zero-order chi connectivity index (χ0) is 20.0. The molecule has 5 nitrogen and oxygen atoms in total. The Bertz CT molecular complexity index is 1020. The van der Waals surface area contributed by atoms with Crippen LogP contribution in [0.1, 0.15) is 24.0 Å². The SMILES string of the molecule is Cc1cncc2cccc(S(=O)(=O)N(CCCN)CCCc3ccccc3)c12. The highest BCUT2D eigenvalue weighted by molar-refractivity contribution is 7.89. The van der Waals surface area contributed by atoms with Crippen molar-refractivity contribution >= 4 is 20.8 Å². The smallest absolute Gasteiger partial charge is 0.243 e. The van der Waals surface area contributed by atoms with Crippen LogP contribution in [-0.2, 0) is 16.4 Å². The lowest BCUT2D eigenvalue weighted by molar-refractivity contribution is 0.401. The summed E-state index contributed by atoms with van der Waals surface area (Å²) in [7, 11) is -3.63. The van der Waals surface area contributed by atoms with Crippen molar-refractivity contribution < 1.29 is 8.42 Å². The summed E-state index contributed by atoms with van der Waals surface area (Å²) in [5.41, 5.74) is 7.74. The summed E-state index contributed by atoms with van der Waals surface area (Å²) < 4.78 is 28.6. The molecule has 1 aromatic heterocycles. The molecule has 28 heavy (non-hydrogen) atoms. The van der Waals surface area contributed by atoms with Crippen LogP contribution in [0.3, 0.4) is 0 Å². The molecule has 0 unspecified atom stereocenters. The lowest BCUT2D eigenvalue weighted by atomic mass is 10.1. The van der Waals surface area contributed by atoms with Crippen molar-refractivity contribution in [2.24, 2.45) is 5.73 Å². The average Bonchev–Trinajstić information content (AvgIpc) is 2.71. The minimum atomic E-state index is -3.63. The molecule has 0 saturated carbocycles. The number of nitrogens with two attached hydrogens (primary N) is 1. The number of fused-ring (bicyclic) bond motifs is 1. The average molecular weight is 398 g/mol. The molecule has 0 spiro atoms. The Labute approximate surface area is 167 Å². The van der Waals surface area contributed by atoms with Gasteiger partial charge < -0.3 is 5.73 Å². The lowest BCUT2D eigenvalue weighted by Gasteiger charge is -2.23. The molecule has 1 heterocycles. The molecule has 0 aliphatic heterocycles. The number of aryl methyl sites for hydroxylation is 2. The van der Waals surface area contributed by atoms with E-state index in [1.165, 1.54) is 5.56 Å². The Kier molecular flexibility index (Phi) is 6.78. The van der Waals surface area contributed by atoms with Crippen LogP contribution in [0, 0.1) is 6.92 Å². The number of hydrogen-bond donors (Lipinski definition) is 1. The third-order valence-corrected chi connectivity index (χ3v) is 6.82. The van der Waals surface area contributed by atoms with Gasteiger partial charge in [0.25, 0.3) is 0 Å². The molecule has 0 atom stereocenters. The van der Waals surface area contributed by atoms with Gasteiger partial charge in [0.2, 0.25) is 10.0 Å². The van der Waals surface area contributed by atoms with E-state index in [-0.39, 0.29) is 0 Å². The quantitative estimate of drug-likeness (QED) is 0.599. The fraction of sp³-hybridized carbons (Fsp3) is 0.318. The van der Waals surface area contributed by atoms with Crippen molar-refractivity contribution in [1.82, 2.24) is 9.29 Å². The summed E-state index contributed by atoms with van der Waals surface area (Å²) in [4.78, 5) is 4.54. The predicted molar refractivity (Wildman–Crippen MR) is 114 cm³/mol. The Morgan fingerprint density at radius 3 is 2.46 bits per heavy atom. The van der Waals surface area contributed by atoms with Gasteiger partial charge in [-0.25, -0.2) is 8.42 Å². The highest BCUT2D eigenvalue weighted by Gasteiger charge is 2.26. The van der Waals surface area contributed by atoms with Gasteiger partial charge in [0.15, 0.2) is 0 Å². The third-order valence-electron chi connectivity index (χ3n) is 4.88. The van der Waals surface area contributed by atoms with Gasteiger partial charge in [0.1, 0.15) is 0 Å². The molecule has 0 amide bonds. The van der Waals surface area contributed by atoms with E-state index >= 15 is 0 Å². The molecule has 0 radical (unpaired) electrons. The van der Waals surface area contributed by atoms with Crippen molar-refractivity contribution in [3.8, 4) is 0 Å². The number of aromatic nitrogens is 1. The normalized spacial score (nSPS) is 12.0. The molecule has 148 valence electrons. The van der Waals surface area contributed by atoms with Gasteiger partial charge in [-0.1, -0.05) is 42.5 Å². The monoisotopic (exact) mass is 397 g/mol. The Morgan fingerprint density at radius 2 is 1.71 bits per heavy atom. The fourth-order valence-corrected chi connectivity index (χ4v) is 5.25. The first-order valence-corrected chi connectivity index (χ1v) is 11.1. The van der Waals surface area contributed by atoms with Crippen LogP contribution in [0.4, 0.5) is 0 Å². The molecule has 2 N–H and O–H groups in total. The molecule has 2 aromatic carbocycles. The van der Waals surface area contributed by atoms with Crippen molar-refractivity contribution in [1.29, 1.82) is 0 Å². The maximum Gasteiger partial charge on any atom is 0.243 e. The van der Waals surface area contributed by atoms with Crippen LogP contribution >= 0.6 is 0 Å². The molecule has 0 saturated heterocycles. The third kappa shape index (κ3) is 4.58. The predicted octanol–water partition coefficient (Wildman–Crippen LogP) is 3.52. The molecule has 0 fully saturated rings. The first-order valence-electron chi connectivity index (χ1n) is 9.61. The topological polar surface area (TPSA) is 76.3 Å². The first-order chi connectivity index (χ1) is 13.5. The van der Waals surface area contributed by atoms with Gasteiger partial charge in [-0.15, -0.1) is 0 Å². The van der Waals surface area contributed by atoms with Crippen LogP contribution in [-0.4, -0.2) is 37.3 Å². The van der Waals surface area contributed by atoms with Crippen LogP contribution in [0.25, 0.3) is 10.8 Å². The van der Waals surface area contributed by atoms with Crippen LogP contribution in [0.5, 0.6) is 0 Å². The number of nitrogens with zero attached hydrogens (tertiary/aromatic N) is 2. The molecular formula is C22H27N3O2S.